The van der Waals surface area contributed by atoms with Gasteiger partial charge >= 0.3 is 6.18 Å². The molecule has 1 aliphatic rings. The first-order valence-electron chi connectivity index (χ1n) is 15.8. The van der Waals surface area contributed by atoms with Crippen molar-refractivity contribution in [2.45, 2.75) is 45.6 Å². The van der Waals surface area contributed by atoms with E-state index in [0.29, 0.717) is 29.5 Å². The highest BCUT2D eigenvalue weighted by Gasteiger charge is 2.35. The number of carbonyl (C=O) groups is 1. The average Bonchev–Trinajstić information content (AvgIpc) is 3.81. The van der Waals surface area contributed by atoms with Crippen LogP contribution < -0.4 is 10.6 Å². The van der Waals surface area contributed by atoms with E-state index in [1.807, 2.05) is 66.5 Å². The molecule has 1 saturated heterocycles. The van der Waals surface area contributed by atoms with Crippen LogP contribution in [0.4, 0.5) is 30.2 Å². The molecule has 9 nitrogen and oxygen atoms in total. The van der Waals surface area contributed by atoms with Crippen LogP contribution in [-0.4, -0.2) is 68.1 Å². The minimum atomic E-state index is -4.56. The predicted octanol–water partition coefficient (Wildman–Crippen LogP) is 6.41. The molecule has 2 aromatic carbocycles. The fourth-order valence-corrected chi connectivity index (χ4v) is 5.86. The maximum Gasteiger partial charge on any atom is 0.416 e. The number of hydrogen-bond donors (Lipinski definition) is 2. The Morgan fingerprint density at radius 2 is 1.92 bits per heavy atom. The van der Waals surface area contributed by atoms with Crippen molar-refractivity contribution in [1.29, 1.82) is 0 Å². The summed E-state index contributed by atoms with van der Waals surface area (Å²) in [7, 11) is 3.97. The molecule has 0 radical (unpaired) electrons. The highest BCUT2D eigenvalue weighted by Crippen LogP contribution is 2.35. The molecule has 12 heteroatoms. The molecule has 1 fully saturated rings. The van der Waals surface area contributed by atoms with Crippen molar-refractivity contribution < 1.29 is 18.0 Å². The smallest absolute Gasteiger partial charge is 0.350 e. The number of fused-ring (bicyclic) bond motifs is 1. The van der Waals surface area contributed by atoms with Gasteiger partial charge < -0.3 is 15.5 Å². The number of pyridine rings is 1. The fourth-order valence-electron chi connectivity index (χ4n) is 5.86. The van der Waals surface area contributed by atoms with Crippen molar-refractivity contribution in [2.24, 2.45) is 0 Å². The maximum atomic E-state index is 14.1. The van der Waals surface area contributed by atoms with Crippen molar-refractivity contribution in [2.75, 3.05) is 37.8 Å². The van der Waals surface area contributed by atoms with E-state index in [4.69, 9.17) is 0 Å². The number of benzene rings is 2. The number of nitrogens with zero attached hydrogens (tertiary/aromatic N) is 6. The lowest BCUT2D eigenvalue weighted by atomic mass is 10.0. The Labute approximate surface area is 277 Å². The SMILES string of the molecule is CCn1cc(Nc2cccn3c(C#Cc4cc(C(=O)Nc5ccc(CN6CC[C@@H](N(C)C)C6)c(C(F)(F)F)c5)ccc4C)cnc23)cn1. The Morgan fingerprint density at radius 1 is 1.08 bits per heavy atom. The van der Waals surface area contributed by atoms with Crippen LogP contribution in [0.1, 0.15) is 51.7 Å². The second kappa shape index (κ2) is 13.5. The molecule has 0 spiro atoms. The minimum Gasteiger partial charge on any atom is -0.350 e. The third-order valence-electron chi connectivity index (χ3n) is 8.64. The molecule has 0 aliphatic carbocycles. The standard InChI is InChI=1S/C36H37F3N8O/c1-5-46-22-29(19-41-46)42-33-7-6-15-47-30(20-40-34(33)47)13-11-25-17-26(9-8-24(25)2)35(48)43-28-12-10-27(32(18-28)36(37,38)39)21-45-16-14-31(23-45)44(3)4/h6-10,12,15,17-20,22,31,42H,5,14,16,21,23H2,1-4H3,(H,43,48)/t31-/m1/s1. The number of aromatic nitrogens is 4. The highest BCUT2D eigenvalue weighted by atomic mass is 19.4. The van der Waals surface area contributed by atoms with Gasteiger partial charge in [-0.15, -0.1) is 0 Å². The molecule has 3 aromatic heterocycles. The summed E-state index contributed by atoms with van der Waals surface area (Å²) in [4.78, 5) is 21.9. The van der Waals surface area contributed by atoms with E-state index in [1.165, 1.54) is 12.1 Å². The lowest BCUT2D eigenvalue weighted by Gasteiger charge is -2.22. The summed E-state index contributed by atoms with van der Waals surface area (Å²) in [5.74, 6) is 5.78. The molecular formula is C36H37F3N8O. The van der Waals surface area contributed by atoms with Gasteiger partial charge in [0, 0.05) is 61.4 Å². The number of likely N-dealkylation sites (tertiary alicyclic amines) is 1. The maximum absolute atomic E-state index is 14.1. The van der Waals surface area contributed by atoms with Gasteiger partial charge in [0.15, 0.2) is 5.65 Å². The number of hydrogen-bond acceptors (Lipinski definition) is 6. The lowest BCUT2D eigenvalue weighted by Crippen LogP contribution is -2.31. The Morgan fingerprint density at radius 3 is 2.65 bits per heavy atom. The average molecular weight is 655 g/mol. The Hall–Kier alpha value is -5.12. The van der Waals surface area contributed by atoms with Gasteiger partial charge in [0.05, 0.1) is 29.3 Å². The summed E-state index contributed by atoms with van der Waals surface area (Å²) in [6.07, 6.45) is 3.57. The summed E-state index contributed by atoms with van der Waals surface area (Å²) >= 11 is 0. The quantitative estimate of drug-likeness (QED) is 0.188. The van der Waals surface area contributed by atoms with E-state index >= 15 is 0 Å². The number of aryl methyl sites for hydroxylation is 2. The van der Waals surface area contributed by atoms with Crippen molar-refractivity contribution in [3.8, 4) is 11.8 Å². The molecule has 6 rings (SSSR count). The minimum absolute atomic E-state index is 0.0778. The van der Waals surface area contributed by atoms with E-state index in [-0.39, 0.29) is 23.4 Å². The molecule has 5 aromatic rings. The largest absolute Gasteiger partial charge is 0.416 e. The zero-order valence-electron chi connectivity index (χ0n) is 27.3. The zero-order valence-corrected chi connectivity index (χ0v) is 27.3. The van der Waals surface area contributed by atoms with Crippen LogP contribution in [0.3, 0.4) is 0 Å². The van der Waals surface area contributed by atoms with Gasteiger partial charge in [0.2, 0.25) is 0 Å². The van der Waals surface area contributed by atoms with Crippen LogP contribution in [0.2, 0.25) is 0 Å². The van der Waals surface area contributed by atoms with E-state index in [0.717, 1.165) is 42.5 Å². The molecule has 1 aliphatic heterocycles. The van der Waals surface area contributed by atoms with Gasteiger partial charge in [-0.1, -0.05) is 18.1 Å². The third-order valence-corrected chi connectivity index (χ3v) is 8.64. The fraction of sp³-hybridized carbons (Fsp3) is 0.306. The molecule has 48 heavy (non-hydrogen) atoms. The summed E-state index contributed by atoms with van der Waals surface area (Å²) in [5, 5.41) is 10.3. The van der Waals surface area contributed by atoms with Crippen LogP contribution in [0.5, 0.6) is 0 Å². The van der Waals surface area contributed by atoms with Crippen molar-refractivity contribution in [3.05, 3.63) is 107 Å². The van der Waals surface area contributed by atoms with E-state index in [9.17, 15) is 18.0 Å². The Kier molecular flexibility index (Phi) is 9.26. The summed E-state index contributed by atoms with van der Waals surface area (Å²) in [6, 6.07) is 13.2. The van der Waals surface area contributed by atoms with Crippen LogP contribution in [0.25, 0.3) is 5.65 Å². The molecule has 1 amide bonds. The molecule has 2 N–H and O–H groups in total. The van der Waals surface area contributed by atoms with E-state index in [1.54, 1.807) is 30.6 Å². The van der Waals surface area contributed by atoms with Gasteiger partial charge in [-0.25, -0.2) is 4.98 Å². The third kappa shape index (κ3) is 7.22. The number of carbonyl (C=O) groups excluding carboxylic acids is 1. The second-order valence-corrected chi connectivity index (χ2v) is 12.2. The first kappa shape index (κ1) is 32.8. The predicted molar refractivity (Wildman–Crippen MR) is 180 cm³/mol. The van der Waals surface area contributed by atoms with Crippen molar-refractivity contribution >= 4 is 28.6 Å². The first-order valence-corrected chi connectivity index (χ1v) is 15.8. The van der Waals surface area contributed by atoms with E-state index in [2.05, 4.69) is 37.5 Å². The normalized spacial score (nSPS) is 15.1. The molecule has 4 heterocycles. The van der Waals surface area contributed by atoms with Crippen LogP contribution in [0.15, 0.2) is 73.3 Å². The Bertz CT molecular complexity index is 2020. The number of rotatable bonds is 8. The monoisotopic (exact) mass is 654 g/mol. The van der Waals surface area contributed by atoms with E-state index < -0.39 is 17.6 Å². The molecular weight excluding hydrogens is 617 g/mol. The lowest BCUT2D eigenvalue weighted by molar-refractivity contribution is -0.138. The number of halogens is 3. The topological polar surface area (TPSA) is 82.7 Å². The van der Waals surface area contributed by atoms with Crippen LogP contribution in [0, 0.1) is 18.8 Å². The van der Waals surface area contributed by atoms with Crippen LogP contribution in [-0.2, 0) is 19.3 Å². The molecule has 0 unspecified atom stereocenters. The van der Waals surface area contributed by atoms with Crippen LogP contribution >= 0.6 is 0 Å². The van der Waals surface area contributed by atoms with Crippen molar-refractivity contribution in [3.63, 3.8) is 0 Å². The second-order valence-electron chi connectivity index (χ2n) is 12.2. The number of likely N-dealkylation sites (N-methyl/N-ethyl adjacent to an activating group) is 1. The van der Waals surface area contributed by atoms with Gasteiger partial charge in [-0.3, -0.25) is 18.8 Å². The zero-order chi connectivity index (χ0) is 34.0. The molecule has 0 saturated carbocycles. The summed E-state index contributed by atoms with van der Waals surface area (Å²) in [5.41, 5.74) is 4.26. The molecule has 1 atom stereocenters. The summed E-state index contributed by atoms with van der Waals surface area (Å²) in [6.45, 7) is 6.31. The highest BCUT2D eigenvalue weighted by molar-refractivity contribution is 6.04. The molecule has 0 bridgehead atoms. The van der Waals surface area contributed by atoms with Gasteiger partial charge in [0.25, 0.3) is 5.91 Å². The van der Waals surface area contributed by atoms with Crippen molar-refractivity contribution in [1.82, 2.24) is 29.0 Å². The number of imidazole rings is 1. The van der Waals surface area contributed by atoms with Gasteiger partial charge in [-0.2, -0.15) is 18.3 Å². The number of amides is 1. The Balaban J connectivity index is 1.19. The number of anilines is 3. The number of alkyl halides is 3. The van der Waals surface area contributed by atoms with Gasteiger partial charge in [0.1, 0.15) is 5.69 Å². The summed E-state index contributed by atoms with van der Waals surface area (Å²) < 4.78 is 46.1. The first-order chi connectivity index (χ1) is 23.0. The number of nitrogens with one attached hydrogen (secondary N) is 2. The molecule has 248 valence electrons. The van der Waals surface area contributed by atoms with Gasteiger partial charge in [-0.05, 0) is 87.8 Å².